The van der Waals surface area contributed by atoms with Crippen LogP contribution in [0.4, 0.5) is 0 Å². The third-order valence-electron chi connectivity index (χ3n) is 4.93. The van der Waals surface area contributed by atoms with Crippen molar-refractivity contribution in [2.45, 2.75) is 59.7 Å². The van der Waals surface area contributed by atoms with Crippen molar-refractivity contribution in [1.29, 1.82) is 0 Å². The average molecular weight is 396 g/mol. The van der Waals surface area contributed by atoms with Gasteiger partial charge in [-0.2, -0.15) is 5.10 Å². The van der Waals surface area contributed by atoms with E-state index >= 15 is 0 Å². The van der Waals surface area contributed by atoms with Gasteiger partial charge in [-0.25, -0.2) is 0 Å². The number of carbonyl (C=O) groups is 1. The third-order valence-corrected chi connectivity index (χ3v) is 4.93. The van der Waals surface area contributed by atoms with Crippen LogP contribution in [-0.2, 0) is 25.1 Å². The largest absolute Gasteiger partial charge is 0.486 e. The highest BCUT2D eigenvalue weighted by Crippen LogP contribution is 2.24. The maximum Gasteiger partial charge on any atom is 0.287 e. The van der Waals surface area contributed by atoms with E-state index in [4.69, 9.17) is 9.15 Å². The minimum atomic E-state index is -0.255. The first-order chi connectivity index (χ1) is 13.8. The summed E-state index contributed by atoms with van der Waals surface area (Å²) in [5.41, 5.74) is 3.41. The summed E-state index contributed by atoms with van der Waals surface area (Å²) < 4.78 is 13.3. The monoisotopic (exact) mass is 395 g/mol. The minimum absolute atomic E-state index is 0.107. The van der Waals surface area contributed by atoms with Gasteiger partial charge in [0.05, 0.1) is 6.20 Å². The second-order valence-corrected chi connectivity index (χ2v) is 8.08. The van der Waals surface area contributed by atoms with Gasteiger partial charge in [-0.1, -0.05) is 32.9 Å². The van der Waals surface area contributed by atoms with Gasteiger partial charge < -0.3 is 14.5 Å². The van der Waals surface area contributed by atoms with Crippen LogP contribution in [0.15, 0.2) is 47.0 Å². The van der Waals surface area contributed by atoms with E-state index in [0.717, 1.165) is 23.6 Å². The van der Waals surface area contributed by atoms with Gasteiger partial charge in [0, 0.05) is 24.3 Å². The second kappa shape index (κ2) is 8.55. The van der Waals surface area contributed by atoms with Crippen LogP contribution in [0.1, 0.15) is 60.8 Å². The summed E-state index contributed by atoms with van der Waals surface area (Å²) >= 11 is 0. The number of nitrogens with zero attached hydrogens (tertiary/aromatic N) is 2. The van der Waals surface area contributed by atoms with Gasteiger partial charge in [0.25, 0.3) is 5.91 Å². The number of rotatable bonds is 7. The van der Waals surface area contributed by atoms with E-state index in [-0.39, 0.29) is 23.7 Å². The molecule has 0 aliphatic carbocycles. The number of hydrogen-bond donors (Lipinski definition) is 1. The lowest BCUT2D eigenvalue weighted by Gasteiger charge is -2.19. The maximum atomic E-state index is 12.4. The molecule has 0 saturated heterocycles. The average Bonchev–Trinajstić information content (AvgIpc) is 3.31. The summed E-state index contributed by atoms with van der Waals surface area (Å²) in [7, 11) is 0. The Kier molecular flexibility index (Phi) is 6.11. The fourth-order valence-corrected chi connectivity index (χ4v) is 3.02. The lowest BCUT2D eigenvalue weighted by Crippen LogP contribution is -2.22. The molecule has 0 radical (unpaired) electrons. The van der Waals surface area contributed by atoms with Crippen molar-refractivity contribution < 1.29 is 13.9 Å². The molecule has 2 aromatic heterocycles. The van der Waals surface area contributed by atoms with Gasteiger partial charge in [0.1, 0.15) is 18.1 Å². The molecular formula is C23H29N3O3. The van der Waals surface area contributed by atoms with Crippen LogP contribution >= 0.6 is 0 Å². The predicted molar refractivity (Wildman–Crippen MR) is 112 cm³/mol. The van der Waals surface area contributed by atoms with Crippen LogP contribution < -0.4 is 10.1 Å². The number of carbonyl (C=O) groups excluding carboxylic acids is 1. The van der Waals surface area contributed by atoms with Crippen LogP contribution in [0.2, 0.25) is 0 Å². The first-order valence-electron chi connectivity index (χ1n) is 9.89. The number of aryl methyl sites for hydroxylation is 1. The van der Waals surface area contributed by atoms with Crippen LogP contribution in [0.25, 0.3) is 0 Å². The third kappa shape index (κ3) is 5.08. The first kappa shape index (κ1) is 20.7. The Hall–Kier alpha value is -3.02. The molecule has 0 unspecified atom stereocenters. The van der Waals surface area contributed by atoms with Crippen LogP contribution in [0.3, 0.4) is 0 Å². The minimum Gasteiger partial charge on any atom is -0.486 e. The van der Waals surface area contributed by atoms with Crippen molar-refractivity contribution in [3.8, 4) is 5.75 Å². The first-order valence-corrected chi connectivity index (χ1v) is 9.89. The highest BCUT2D eigenvalue weighted by molar-refractivity contribution is 5.91. The topological polar surface area (TPSA) is 69.3 Å². The molecule has 6 heteroatoms. The molecule has 0 aliphatic rings. The zero-order chi connectivity index (χ0) is 21.0. The van der Waals surface area contributed by atoms with Crippen LogP contribution in [0.5, 0.6) is 5.75 Å². The number of nitrogens with one attached hydrogen (secondary N) is 1. The zero-order valence-electron chi connectivity index (χ0n) is 17.8. The summed E-state index contributed by atoms with van der Waals surface area (Å²) in [5, 5.41) is 7.16. The molecule has 0 aliphatic heterocycles. The highest BCUT2D eigenvalue weighted by atomic mass is 16.5. The Balaban J connectivity index is 1.53. The van der Waals surface area contributed by atoms with Gasteiger partial charge in [-0.15, -0.1) is 0 Å². The van der Waals surface area contributed by atoms with Gasteiger partial charge in [0.15, 0.2) is 5.76 Å². The molecule has 3 aromatic rings. The van der Waals surface area contributed by atoms with Gasteiger partial charge in [-0.05, 0) is 49.1 Å². The highest BCUT2D eigenvalue weighted by Gasteiger charge is 2.14. The van der Waals surface area contributed by atoms with Crippen molar-refractivity contribution in [3.05, 3.63) is 70.9 Å². The smallest absolute Gasteiger partial charge is 0.287 e. The van der Waals surface area contributed by atoms with Crippen molar-refractivity contribution >= 4 is 5.91 Å². The van der Waals surface area contributed by atoms with E-state index in [1.165, 1.54) is 5.56 Å². The Morgan fingerprint density at radius 3 is 2.52 bits per heavy atom. The molecular weight excluding hydrogens is 366 g/mol. The fraction of sp³-hybridized carbons (Fsp3) is 0.391. The van der Waals surface area contributed by atoms with E-state index in [0.29, 0.717) is 12.3 Å². The molecule has 154 valence electrons. The number of hydrogen-bond acceptors (Lipinski definition) is 4. The van der Waals surface area contributed by atoms with E-state index in [2.05, 4.69) is 43.3 Å². The van der Waals surface area contributed by atoms with E-state index in [9.17, 15) is 4.79 Å². The molecule has 1 N–H and O–H groups in total. The standard InChI is InChI=1S/C23H29N3O3/c1-6-26-16(2)17(14-25-26)13-24-22(27)21-12-11-20(29-21)15-28-19-9-7-18(8-10-19)23(3,4)5/h7-12,14H,6,13,15H2,1-5H3,(H,24,27). The van der Waals surface area contributed by atoms with Gasteiger partial charge >= 0.3 is 0 Å². The Morgan fingerprint density at radius 2 is 1.90 bits per heavy atom. The Labute approximate surface area is 171 Å². The normalized spacial score (nSPS) is 11.5. The molecule has 1 aromatic carbocycles. The quantitative estimate of drug-likeness (QED) is 0.634. The van der Waals surface area contributed by atoms with E-state index < -0.39 is 0 Å². The Morgan fingerprint density at radius 1 is 1.17 bits per heavy atom. The number of aromatic nitrogens is 2. The molecule has 0 fully saturated rings. The predicted octanol–water partition coefficient (Wildman–Crippen LogP) is 4.61. The summed E-state index contributed by atoms with van der Waals surface area (Å²) in [6.45, 7) is 12.0. The summed E-state index contributed by atoms with van der Waals surface area (Å²) in [6.07, 6.45) is 1.78. The maximum absolute atomic E-state index is 12.4. The molecule has 0 atom stereocenters. The summed E-state index contributed by atoms with van der Waals surface area (Å²) in [4.78, 5) is 12.4. The SMILES string of the molecule is CCn1ncc(CNC(=O)c2ccc(COc3ccc(C(C)(C)C)cc3)o2)c1C. The van der Waals surface area contributed by atoms with Crippen LogP contribution in [0, 0.1) is 6.92 Å². The van der Waals surface area contributed by atoms with Crippen molar-refractivity contribution in [2.24, 2.45) is 0 Å². The molecule has 3 rings (SSSR count). The lowest BCUT2D eigenvalue weighted by atomic mass is 9.87. The Bertz CT molecular complexity index is 962. The fourth-order valence-electron chi connectivity index (χ4n) is 3.02. The summed E-state index contributed by atoms with van der Waals surface area (Å²) in [6, 6.07) is 11.5. The molecule has 0 bridgehead atoms. The van der Waals surface area contributed by atoms with Crippen molar-refractivity contribution in [2.75, 3.05) is 0 Å². The zero-order valence-corrected chi connectivity index (χ0v) is 17.8. The number of benzene rings is 1. The van der Waals surface area contributed by atoms with E-state index in [1.807, 2.05) is 30.7 Å². The molecule has 2 heterocycles. The van der Waals surface area contributed by atoms with Crippen LogP contribution in [-0.4, -0.2) is 15.7 Å². The van der Waals surface area contributed by atoms with Gasteiger partial charge in [-0.3, -0.25) is 9.48 Å². The number of amides is 1. The van der Waals surface area contributed by atoms with E-state index in [1.54, 1.807) is 18.3 Å². The van der Waals surface area contributed by atoms with Gasteiger partial charge in [0.2, 0.25) is 0 Å². The molecule has 0 spiro atoms. The van der Waals surface area contributed by atoms with Crippen molar-refractivity contribution in [1.82, 2.24) is 15.1 Å². The lowest BCUT2D eigenvalue weighted by molar-refractivity contribution is 0.0919. The molecule has 0 saturated carbocycles. The number of ether oxygens (including phenoxy) is 1. The summed E-state index contributed by atoms with van der Waals surface area (Å²) in [5.74, 6) is 1.38. The molecule has 29 heavy (non-hydrogen) atoms. The second-order valence-electron chi connectivity index (χ2n) is 8.08. The molecule has 6 nitrogen and oxygen atoms in total. The molecule has 1 amide bonds. The van der Waals surface area contributed by atoms with Crippen molar-refractivity contribution in [3.63, 3.8) is 0 Å². The number of furan rings is 1.